The first-order valence-corrected chi connectivity index (χ1v) is 6.94. The summed E-state index contributed by atoms with van der Waals surface area (Å²) >= 11 is 0. The van der Waals surface area contributed by atoms with Crippen molar-refractivity contribution in [1.29, 1.82) is 0 Å². The quantitative estimate of drug-likeness (QED) is 0.844. The van der Waals surface area contributed by atoms with E-state index in [0.29, 0.717) is 0 Å². The van der Waals surface area contributed by atoms with Gasteiger partial charge in [0.2, 0.25) is 5.91 Å². The fraction of sp³-hybridized carbons (Fsp3) is 0.167. The lowest BCUT2D eigenvalue weighted by Crippen LogP contribution is -2.09. The Hall–Kier alpha value is -2.55. The van der Waals surface area contributed by atoms with E-state index < -0.39 is 0 Å². The molecular formula is C18H19NO2. The number of methoxy groups -OCH3 is 1. The molecular weight excluding hydrogens is 262 g/mol. The number of nitrogens with one attached hydrogen (secondary N) is 1. The van der Waals surface area contributed by atoms with Gasteiger partial charge in [0, 0.05) is 11.8 Å². The molecule has 2 aromatic carbocycles. The number of carbonyl (C=O) groups is 1. The summed E-state index contributed by atoms with van der Waals surface area (Å²) in [7, 11) is 1.62. The van der Waals surface area contributed by atoms with Crippen LogP contribution < -0.4 is 10.1 Å². The molecule has 0 aromatic heterocycles. The van der Waals surface area contributed by atoms with Crippen LogP contribution in [0.3, 0.4) is 0 Å². The van der Waals surface area contributed by atoms with Crippen LogP contribution in [0.5, 0.6) is 5.75 Å². The van der Waals surface area contributed by atoms with Crippen molar-refractivity contribution in [1.82, 2.24) is 0 Å². The number of anilines is 1. The van der Waals surface area contributed by atoms with Gasteiger partial charge in [-0.3, -0.25) is 4.79 Å². The molecule has 0 aliphatic carbocycles. The largest absolute Gasteiger partial charge is 0.497 e. The van der Waals surface area contributed by atoms with Gasteiger partial charge in [0.15, 0.2) is 0 Å². The number of amides is 1. The maximum Gasteiger partial charge on any atom is 0.248 e. The zero-order valence-corrected chi connectivity index (χ0v) is 12.3. The number of hydrogen-bond donors (Lipinski definition) is 1. The molecule has 0 spiro atoms. The van der Waals surface area contributed by atoms with Crippen LogP contribution in [0, 0.1) is 0 Å². The first kappa shape index (κ1) is 14.9. The van der Waals surface area contributed by atoms with Crippen molar-refractivity contribution in [2.45, 2.75) is 13.3 Å². The molecule has 0 saturated carbocycles. The SMILES string of the molecule is CCc1ccccc1NC(=O)/C=C/c1cccc(OC)c1. The molecule has 0 aliphatic rings. The van der Waals surface area contributed by atoms with Crippen molar-refractivity contribution >= 4 is 17.7 Å². The van der Waals surface area contributed by atoms with Gasteiger partial charge in [0.05, 0.1) is 7.11 Å². The molecule has 0 fully saturated rings. The van der Waals surface area contributed by atoms with Crippen LogP contribution >= 0.6 is 0 Å². The lowest BCUT2D eigenvalue weighted by Gasteiger charge is -2.07. The highest BCUT2D eigenvalue weighted by Crippen LogP contribution is 2.16. The Labute approximate surface area is 125 Å². The smallest absolute Gasteiger partial charge is 0.248 e. The van der Waals surface area contributed by atoms with Gasteiger partial charge < -0.3 is 10.1 Å². The molecule has 0 bridgehead atoms. The van der Waals surface area contributed by atoms with E-state index in [1.165, 1.54) is 6.08 Å². The number of ether oxygens (including phenoxy) is 1. The zero-order chi connectivity index (χ0) is 15.1. The number of benzene rings is 2. The monoisotopic (exact) mass is 281 g/mol. The van der Waals surface area contributed by atoms with Crippen LogP contribution in [0.25, 0.3) is 6.08 Å². The summed E-state index contributed by atoms with van der Waals surface area (Å²) in [4.78, 5) is 12.0. The number of hydrogen-bond acceptors (Lipinski definition) is 2. The number of rotatable bonds is 5. The van der Waals surface area contributed by atoms with E-state index in [1.54, 1.807) is 13.2 Å². The van der Waals surface area contributed by atoms with Crippen molar-refractivity contribution in [3.8, 4) is 5.75 Å². The van der Waals surface area contributed by atoms with Gasteiger partial charge in [-0.1, -0.05) is 37.3 Å². The Kier molecular flexibility index (Phi) is 5.16. The molecule has 0 atom stereocenters. The molecule has 21 heavy (non-hydrogen) atoms. The lowest BCUT2D eigenvalue weighted by atomic mass is 10.1. The zero-order valence-electron chi connectivity index (χ0n) is 12.3. The van der Waals surface area contributed by atoms with Gasteiger partial charge in [-0.25, -0.2) is 0 Å². The van der Waals surface area contributed by atoms with Crippen LogP contribution in [0.4, 0.5) is 5.69 Å². The standard InChI is InChI=1S/C18H19NO2/c1-3-15-8-4-5-10-17(15)19-18(20)12-11-14-7-6-9-16(13-14)21-2/h4-13H,3H2,1-2H3,(H,19,20)/b12-11+. The minimum Gasteiger partial charge on any atom is -0.497 e. The topological polar surface area (TPSA) is 38.3 Å². The van der Waals surface area contributed by atoms with Crippen LogP contribution in [0.15, 0.2) is 54.6 Å². The van der Waals surface area contributed by atoms with Crippen LogP contribution in [0.1, 0.15) is 18.1 Å². The molecule has 0 unspecified atom stereocenters. The normalized spacial score (nSPS) is 10.6. The summed E-state index contributed by atoms with van der Waals surface area (Å²) in [5, 5.41) is 2.90. The highest BCUT2D eigenvalue weighted by Gasteiger charge is 2.02. The molecule has 1 N–H and O–H groups in total. The number of para-hydroxylation sites is 1. The maximum absolute atomic E-state index is 12.0. The molecule has 2 aromatic rings. The third-order valence-corrected chi connectivity index (χ3v) is 3.18. The maximum atomic E-state index is 12.0. The van der Waals surface area contributed by atoms with E-state index in [0.717, 1.165) is 29.0 Å². The molecule has 0 radical (unpaired) electrons. The highest BCUT2D eigenvalue weighted by atomic mass is 16.5. The van der Waals surface area contributed by atoms with Crippen molar-refractivity contribution in [3.05, 3.63) is 65.7 Å². The Bertz CT molecular complexity index is 647. The van der Waals surface area contributed by atoms with E-state index in [-0.39, 0.29) is 5.91 Å². The second-order valence-electron chi connectivity index (χ2n) is 4.61. The summed E-state index contributed by atoms with van der Waals surface area (Å²) < 4.78 is 5.15. The molecule has 0 saturated heterocycles. The van der Waals surface area contributed by atoms with Crippen molar-refractivity contribution in [2.75, 3.05) is 12.4 Å². The van der Waals surface area contributed by atoms with E-state index in [1.807, 2.05) is 48.5 Å². The van der Waals surface area contributed by atoms with Crippen molar-refractivity contribution in [3.63, 3.8) is 0 Å². The Morgan fingerprint density at radius 2 is 2.00 bits per heavy atom. The summed E-state index contributed by atoms with van der Waals surface area (Å²) in [6, 6.07) is 15.4. The van der Waals surface area contributed by atoms with E-state index >= 15 is 0 Å². The molecule has 3 heteroatoms. The molecule has 0 heterocycles. The van der Waals surface area contributed by atoms with Gasteiger partial charge >= 0.3 is 0 Å². The van der Waals surface area contributed by atoms with E-state index in [2.05, 4.69) is 12.2 Å². The van der Waals surface area contributed by atoms with Gasteiger partial charge in [0.25, 0.3) is 0 Å². The first-order valence-electron chi connectivity index (χ1n) is 6.94. The molecule has 3 nitrogen and oxygen atoms in total. The fourth-order valence-corrected chi connectivity index (χ4v) is 2.04. The average molecular weight is 281 g/mol. The predicted octanol–water partition coefficient (Wildman–Crippen LogP) is 3.91. The molecule has 108 valence electrons. The van der Waals surface area contributed by atoms with E-state index in [9.17, 15) is 4.79 Å². The number of aryl methyl sites for hydroxylation is 1. The summed E-state index contributed by atoms with van der Waals surface area (Å²) in [6.45, 7) is 2.07. The fourth-order valence-electron chi connectivity index (χ4n) is 2.04. The van der Waals surface area contributed by atoms with Gasteiger partial charge in [-0.2, -0.15) is 0 Å². The van der Waals surface area contributed by atoms with Crippen molar-refractivity contribution < 1.29 is 9.53 Å². The highest BCUT2D eigenvalue weighted by molar-refractivity contribution is 6.02. The predicted molar refractivity (Wildman–Crippen MR) is 86.5 cm³/mol. The minimum atomic E-state index is -0.140. The van der Waals surface area contributed by atoms with Crippen LogP contribution in [-0.2, 0) is 11.2 Å². The Balaban J connectivity index is 2.05. The number of carbonyl (C=O) groups excluding carboxylic acids is 1. The van der Waals surface area contributed by atoms with Gasteiger partial charge in [0.1, 0.15) is 5.75 Å². The first-order chi connectivity index (χ1) is 10.2. The Morgan fingerprint density at radius 3 is 2.76 bits per heavy atom. The summed E-state index contributed by atoms with van der Waals surface area (Å²) in [6.07, 6.45) is 4.18. The molecule has 1 amide bonds. The Morgan fingerprint density at radius 1 is 1.19 bits per heavy atom. The van der Waals surface area contributed by atoms with Crippen molar-refractivity contribution in [2.24, 2.45) is 0 Å². The second kappa shape index (κ2) is 7.29. The van der Waals surface area contributed by atoms with E-state index in [4.69, 9.17) is 4.74 Å². The third-order valence-electron chi connectivity index (χ3n) is 3.18. The van der Waals surface area contributed by atoms with Gasteiger partial charge in [-0.15, -0.1) is 0 Å². The second-order valence-corrected chi connectivity index (χ2v) is 4.61. The van der Waals surface area contributed by atoms with Crippen LogP contribution in [-0.4, -0.2) is 13.0 Å². The summed E-state index contributed by atoms with van der Waals surface area (Å²) in [5.41, 5.74) is 2.91. The van der Waals surface area contributed by atoms with Gasteiger partial charge in [-0.05, 0) is 41.8 Å². The summed E-state index contributed by atoms with van der Waals surface area (Å²) in [5.74, 6) is 0.632. The third kappa shape index (κ3) is 4.21. The lowest BCUT2D eigenvalue weighted by molar-refractivity contribution is -0.111. The average Bonchev–Trinajstić information content (AvgIpc) is 2.53. The molecule has 0 aliphatic heterocycles. The minimum absolute atomic E-state index is 0.140. The molecule has 2 rings (SSSR count). The van der Waals surface area contributed by atoms with Crippen LogP contribution in [0.2, 0.25) is 0 Å².